The summed E-state index contributed by atoms with van der Waals surface area (Å²) in [6.45, 7) is 2.77. The van der Waals surface area contributed by atoms with Crippen LogP contribution in [0.2, 0.25) is 0 Å². The summed E-state index contributed by atoms with van der Waals surface area (Å²) in [6, 6.07) is 6.40. The van der Waals surface area contributed by atoms with Crippen molar-refractivity contribution >= 4 is 33.5 Å². The van der Waals surface area contributed by atoms with Crippen molar-refractivity contribution < 1.29 is 4.79 Å². The molecule has 1 saturated heterocycles. The van der Waals surface area contributed by atoms with Crippen LogP contribution in [0.25, 0.3) is 10.9 Å². The van der Waals surface area contributed by atoms with E-state index in [1.54, 1.807) is 0 Å². The average Bonchev–Trinajstić information content (AvgIpc) is 3.23. The number of carbonyl (C=O) groups is 1. The summed E-state index contributed by atoms with van der Waals surface area (Å²) in [6.07, 6.45) is 4.91. The number of hydrogen-bond donors (Lipinski definition) is 2. The zero-order valence-corrected chi connectivity index (χ0v) is 15.7. The van der Waals surface area contributed by atoms with E-state index in [2.05, 4.69) is 56.0 Å². The van der Waals surface area contributed by atoms with Gasteiger partial charge >= 0.3 is 0 Å². The molecule has 2 unspecified atom stereocenters. The highest BCUT2D eigenvalue weighted by molar-refractivity contribution is 7.09. The van der Waals surface area contributed by atoms with Crippen molar-refractivity contribution in [1.82, 2.24) is 19.2 Å². The van der Waals surface area contributed by atoms with Crippen LogP contribution >= 0.6 is 11.5 Å². The standard InChI is InChI=1S/C19H21N5OS/c1-11-21-18(26-23-11)22-17(25)19-9-12-10-20-15-7-3-5-13(16(12)15)14(19)6-4-8-24(19)2/h3,5,7,10,14,20H,4,6,8-9H2,1-2H3,(H,21,22,23,25). The molecule has 0 spiro atoms. The van der Waals surface area contributed by atoms with Gasteiger partial charge < -0.3 is 4.98 Å². The summed E-state index contributed by atoms with van der Waals surface area (Å²) >= 11 is 1.24. The first-order valence-corrected chi connectivity index (χ1v) is 9.79. The molecule has 6 nitrogen and oxygen atoms in total. The Hall–Kier alpha value is -2.25. The molecule has 3 aromatic rings. The molecule has 5 rings (SSSR count). The molecule has 134 valence electrons. The van der Waals surface area contributed by atoms with E-state index in [1.807, 2.05) is 6.92 Å². The van der Waals surface area contributed by atoms with Crippen molar-refractivity contribution in [3.05, 3.63) is 41.3 Å². The number of anilines is 1. The van der Waals surface area contributed by atoms with Crippen molar-refractivity contribution in [3.8, 4) is 0 Å². The van der Waals surface area contributed by atoms with Gasteiger partial charge in [-0.1, -0.05) is 12.1 Å². The maximum absolute atomic E-state index is 13.6. The number of benzene rings is 1. The fraction of sp³-hybridized carbons (Fsp3) is 0.421. The molecule has 1 aromatic carbocycles. The second-order valence-corrected chi connectivity index (χ2v) is 8.15. The molecule has 1 aliphatic heterocycles. The minimum Gasteiger partial charge on any atom is -0.361 e. The number of hydrogen-bond acceptors (Lipinski definition) is 5. The van der Waals surface area contributed by atoms with Crippen LogP contribution in [0.4, 0.5) is 5.13 Å². The molecule has 0 bridgehead atoms. The third-order valence-electron chi connectivity index (χ3n) is 6.04. The number of rotatable bonds is 2. The summed E-state index contributed by atoms with van der Waals surface area (Å²) in [4.78, 5) is 23.5. The first kappa shape index (κ1) is 16.0. The molecule has 2 aromatic heterocycles. The van der Waals surface area contributed by atoms with E-state index in [0.717, 1.165) is 25.8 Å². The topological polar surface area (TPSA) is 73.9 Å². The van der Waals surface area contributed by atoms with Crippen LogP contribution < -0.4 is 5.32 Å². The minimum absolute atomic E-state index is 0.0321. The highest BCUT2D eigenvalue weighted by Gasteiger charge is 2.54. The fourth-order valence-corrected chi connectivity index (χ4v) is 5.45. The van der Waals surface area contributed by atoms with Gasteiger partial charge in [0.05, 0.1) is 0 Å². The van der Waals surface area contributed by atoms with E-state index >= 15 is 0 Å². The summed E-state index contributed by atoms with van der Waals surface area (Å²) in [5, 5.41) is 4.95. The average molecular weight is 367 g/mol. The molecule has 1 amide bonds. The third-order valence-corrected chi connectivity index (χ3v) is 6.76. The van der Waals surface area contributed by atoms with Crippen LogP contribution in [0.5, 0.6) is 0 Å². The summed E-state index contributed by atoms with van der Waals surface area (Å²) in [7, 11) is 2.08. The summed E-state index contributed by atoms with van der Waals surface area (Å²) < 4.78 is 4.19. The highest BCUT2D eigenvalue weighted by atomic mass is 32.1. The molecule has 1 fully saturated rings. The smallest absolute Gasteiger partial charge is 0.247 e. The van der Waals surface area contributed by atoms with Gasteiger partial charge in [0.1, 0.15) is 11.4 Å². The van der Waals surface area contributed by atoms with Crippen LogP contribution in [0, 0.1) is 6.92 Å². The second kappa shape index (κ2) is 5.62. The molecule has 1 aliphatic carbocycles. The number of fused-ring (bicyclic) bond motifs is 2. The molecule has 2 N–H and O–H groups in total. The molecule has 2 atom stereocenters. The molecular weight excluding hydrogens is 346 g/mol. The second-order valence-electron chi connectivity index (χ2n) is 7.40. The number of nitrogens with zero attached hydrogens (tertiary/aromatic N) is 3. The SMILES string of the molecule is Cc1nsc(NC(=O)C23Cc4c[nH]c5cccc(c45)C2CCCN3C)n1. The van der Waals surface area contributed by atoms with Gasteiger partial charge in [-0.2, -0.15) is 4.37 Å². The Morgan fingerprint density at radius 3 is 3.15 bits per heavy atom. The Morgan fingerprint density at radius 1 is 1.46 bits per heavy atom. The van der Waals surface area contributed by atoms with Gasteiger partial charge in [-0.3, -0.25) is 15.0 Å². The van der Waals surface area contributed by atoms with Crippen LogP contribution in [0.1, 0.15) is 35.7 Å². The lowest BCUT2D eigenvalue weighted by Crippen LogP contribution is -2.63. The molecule has 26 heavy (non-hydrogen) atoms. The Kier molecular flexibility index (Phi) is 3.45. The van der Waals surface area contributed by atoms with E-state index in [4.69, 9.17) is 0 Å². The van der Waals surface area contributed by atoms with Crippen LogP contribution in [-0.4, -0.2) is 44.3 Å². The van der Waals surface area contributed by atoms with Crippen molar-refractivity contribution in [3.63, 3.8) is 0 Å². The quantitative estimate of drug-likeness (QED) is 0.730. The van der Waals surface area contributed by atoms with E-state index < -0.39 is 5.54 Å². The number of aromatic nitrogens is 3. The van der Waals surface area contributed by atoms with Crippen LogP contribution in [0.15, 0.2) is 24.4 Å². The number of likely N-dealkylation sites (tertiary alicyclic amines) is 1. The number of carbonyl (C=O) groups excluding carboxylic acids is 1. The Labute approximate surface area is 155 Å². The predicted octanol–water partition coefficient (Wildman–Crippen LogP) is 3.07. The van der Waals surface area contributed by atoms with Gasteiger partial charge in [-0.25, -0.2) is 4.98 Å². The monoisotopic (exact) mass is 367 g/mol. The van der Waals surface area contributed by atoms with Gasteiger partial charge in [-0.15, -0.1) is 0 Å². The van der Waals surface area contributed by atoms with Crippen molar-refractivity contribution in [2.75, 3.05) is 18.9 Å². The fourth-order valence-electron chi connectivity index (χ4n) is 4.88. The molecule has 7 heteroatoms. The first-order valence-electron chi connectivity index (χ1n) is 9.01. The number of aryl methyl sites for hydroxylation is 1. The lowest BCUT2D eigenvalue weighted by Gasteiger charge is -2.51. The van der Waals surface area contributed by atoms with E-state index in [1.165, 1.54) is 33.6 Å². The zero-order valence-electron chi connectivity index (χ0n) is 14.9. The lowest BCUT2D eigenvalue weighted by molar-refractivity contribution is -0.131. The summed E-state index contributed by atoms with van der Waals surface area (Å²) in [5.74, 6) is 0.907. The molecular formula is C19H21N5OS. The highest BCUT2D eigenvalue weighted by Crippen LogP contribution is 2.49. The Bertz CT molecular complexity index is 1010. The maximum atomic E-state index is 13.6. The summed E-state index contributed by atoms with van der Waals surface area (Å²) in [5.41, 5.74) is 3.10. The number of aromatic amines is 1. The van der Waals surface area contributed by atoms with E-state index in [9.17, 15) is 4.79 Å². The number of nitrogens with one attached hydrogen (secondary N) is 2. The van der Waals surface area contributed by atoms with Gasteiger partial charge in [-0.05, 0) is 50.6 Å². The van der Waals surface area contributed by atoms with Crippen molar-refractivity contribution in [2.45, 2.75) is 37.6 Å². The maximum Gasteiger partial charge on any atom is 0.247 e. The van der Waals surface area contributed by atoms with Crippen molar-refractivity contribution in [1.29, 1.82) is 0 Å². The normalized spacial score (nSPS) is 25.2. The zero-order chi connectivity index (χ0) is 17.9. The predicted molar refractivity (Wildman–Crippen MR) is 103 cm³/mol. The molecule has 2 aliphatic rings. The Balaban J connectivity index is 1.63. The number of H-pyrrole nitrogens is 1. The Morgan fingerprint density at radius 2 is 2.35 bits per heavy atom. The number of piperidine rings is 1. The third kappa shape index (κ3) is 2.10. The molecule has 3 heterocycles. The largest absolute Gasteiger partial charge is 0.361 e. The van der Waals surface area contributed by atoms with Gasteiger partial charge in [0.25, 0.3) is 0 Å². The van der Waals surface area contributed by atoms with Crippen LogP contribution in [-0.2, 0) is 11.2 Å². The number of likely N-dealkylation sites (N-methyl/N-ethyl adjacent to an activating group) is 1. The molecule has 0 saturated carbocycles. The molecule has 0 radical (unpaired) electrons. The van der Waals surface area contributed by atoms with Gasteiger partial charge in [0.2, 0.25) is 11.0 Å². The number of amides is 1. The van der Waals surface area contributed by atoms with Crippen LogP contribution in [0.3, 0.4) is 0 Å². The van der Waals surface area contributed by atoms with E-state index in [-0.39, 0.29) is 11.8 Å². The lowest BCUT2D eigenvalue weighted by atomic mass is 9.65. The van der Waals surface area contributed by atoms with Gasteiger partial charge in [0, 0.05) is 41.0 Å². The van der Waals surface area contributed by atoms with Gasteiger partial charge in [0.15, 0.2) is 0 Å². The van der Waals surface area contributed by atoms with E-state index in [0.29, 0.717) is 11.0 Å². The first-order chi connectivity index (χ1) is 12.6. The minimum atomic E-state index is -0.582. The van der Waals surface area contributed by atoms with Crippen molar-refractivity contribution in [2.24, 2.45) is 0 Å².